The minimum Gasteiger partial charge on any atom is -0.367 e. The van der Waals surface area contributed by atoms with Crippen LogP contribution in [0.2, 0.25) is 0 Å². The van der Waals surface area contributed by atoms with Crippen LogP contribution < -0.4 is 5.73 Å². The Kier molecular flexibility index (Phi) is 1.56. The second-order valence-electron chi connectivity index (χ2n) is 1.55. The first-order chi connectivity index (χ1) is 3.80. The van der Waals surface area contributed by atoms with Crippen molar-refractivity contribution in [2.75, 3.05) is 0 Å². The fraction of sp³-hybridized carbons (Fsp3) is 0.200. The van der Waals surface area contributed by atoms with Crippen molar-refractivity contribution in [1.29, 1.82) is 0 Å². The van der Waals surface area contributed by atoms with Crippen LogP contribution in [0.4, 0.5) is 0 Å². The molecule has 0 aliphatic rings. The molecule has 2 nitrogen and oxygen atoms in total. The smallest absolute Gasteiger partial charge is 0.107 e. The Morgan fingerprint density at radius 3 is 2.75 bits per heavy atom. The molecule has 1 aromatic rings. The van der Waals surface area contributed by atoms with Gasteiger partial charge in [0.25, 0.3) is 0 Å². The molecule has 0 amide bonds. The van der Waals surface area contributed by atoms with Gasteiger partial charge in [0.2, 0.25) is 0 Å². The van der Waals surface area contributed by atoms with Crippen molar-refractivity contribution in [2.24, 2.45) is 5.73 Å². The van der Waals surface area contributed by atoms with Crippen LogP contribution in [-0.4, -0.2) is 4.98 Å². The van der Waals surface area contributed by atoms with Crippen molar-refractivity contribution in [3.05, 3.63) is 24.0 Å². The maximum Gasteiger partial charge on any atom is 0.107 e. The number of H-pyrrole nitrogens is 1. The first-order valence-electron chi connectivity index (χ1n) is 2.33. The predicted molar refractivity (Wildman–Crippen MR) is 33.6 cm³/mol. The van der Waals surface area contributed by atoms with Gasteiger partial charge in [-0.3, -0.25) is 0 Å². The molecule has 1 rings (SSSR count). The number of aromatic amines is 1. The molecule has 0 aliphatic carbocycles. The highest BCUT2D eigenvalue weighted by Gasteiger charge is 1.97. The number of nitrogens with two attached hydrogens (primary N) is 1. The number of hydrogen-bond acceptors (Lipinski definition) is 1. The first-order valence-corrected chi connectivity index (χ1v) is 2.76. The largest absolute Gasteiger partial charge is 0.367 e. The van der Waals surface area contributed by atoms with Crippen molar-refractivity contribution < 1.29 is 0 Å². The van der Waals surface area contributed by atoms with Crippen LogP contribution in [0.1, 0.15) is 11.1 Å². The number of hydrogen-bond donors (Lipinski definition) is 2. The second-order valence-corrected chi connectivity index (χ2v) is 2.02. The lowest BCUT2D eigenvalue weighted by molar-refractivity contribution is 1.02. The minimum absolute atomic E-state index is 0.374. The molecule has 3 N–H and O–H groups in total. The molecule has 1 atom stereocenters. The highest BCUT2D eigenvalue weighted by atomic mass is 35.5. The molecular formula is C5H7ClN2. The monoisotopic (exact) mass is 130 g/mol. The lowest BCUT2D eigenvalue weighted by Gasteiger charge is -1.94. The van der Waals surface area contributed by atoms with Crippen LogP contribution >= 0.6 is 11.6 Å². The van der Waals surface area contributed by atoms with Crippen LogP contribution in [0.15, 0.2) is 18.5 Å². The summed E-state index contributed by atoms with van der Waals surface area (Å²) in [6, 6.07) is 1.84. The van der Waals surface area contributed by atoms with Crippen LogP contribution in [-0.2, 0) is 0 Å². The summed E-state index contributed by atoms with van der Waals surface area (Å²) in [5.41, 5.74) is 5.85. The van der Waals surface area contributed by atoms with Crippen molar-refractivity contribution >= 4 is 11.6 Å². The zero-order valence-corrected chi connectivity index (χ0v) is 5.02. The summed E-state index contributed by atoms with van der Waals surface area (Å²) < 4.78 is 0. The summed E-state index contributed by atoms with van der Waals surface area (Å²) in [5, 5.41) is 0. The molecule has 1 heterocycles. The lowest BCUT2D eigenvalue weighted by atomic mass is 10.3. The maximum absolute atomic E-state index is 5.50. The molecule has 0 radical (unpaired) electrons. The molecule has 0 fully saturated rings. The highest BCUT2D eigenvalue weighted by Crippen LogP contribution is 2.11. The molecule has 8 heavy (non-hydrogen) atoms. The van der Waals surface area contributed by atoms with E-state index in [2.05, 4.69) is 4.98 Å². The number of alkyl halides is 1. The highest BCUT2D eigenvalue weighted by molar-refractivity contribution is 6.20. The van der Waals surface area contributed by atoms with Gasteiger partial charge in [-0.05, 0) is 6.07 Å². The van der Waals surface area contributed by atoms with Gasteiger partial charge in [0.05, 0.1) is 0 Å². The topological polar surface area (TPSA) is 41.8 Å². The van der Waals surface area contributed by atoms with Gasteiger partial charge in [0.15, 0.2) is 0 Å². The summed E-state index contributed by atoms with van der Waals surface area (Å²) in [7, 11) is 0. The van der Waals surface area contributed by atoms with Crippen LogP contribution in [0.3, 0.4) is 0 Å². The number of rotatable bonds is 1. The molecule has 0 bridgehead atoms. The Bertz CT molecular complexity index is 145. The van der Waals surface area contributed by atoms with Gasteiger partial charge < -0.3 is 10.7 Å². The van der Waals surface area contributed by atoms with Crippen LogP contribution in [0, 0.1) is 0 Å². The number of aromatic nitrogens is 1. The molecule has 0 aromatic carbocycles. The first kappa shape index (κ1) is 5.66. The molecule has 0 saturated heterocycles. The Labute approximate surface area is 52.6 Å². The zero-order chi connectivity index (χ0) is 5.98. The van der Waals surface area contributed by atoms with E-state index >= 15 is 0 Å². The fourth-order valence-electron chi connectivity index (χ4n) is 0.508. The van der Waals surface area contributed by atoms with Crippen molar-refractivity contribution in [2.45, 2.75) is 5.50 Å². The second kappa shape index (κ2) is 2.20. The summed E-state index contributed by atoms with van der Waals surface area (Å²) in [6.07, 6.45) is 3.56. The summed E-state index contributed by atoms with van der Waals surface area (Å²) in [5.74, 6) is 0. The Balaban J connectivity index is 2.77. The van der Waals surface area contributed by atoms with Gasteiger partial charge in [0.1, 0.15) is 5.50 Å². The van der Waals surface area contributed by atoms with E-state index in [4.69, 9.17) is 17.3 Å². The molecule has 0 spiro atoms. The van der Waals surface area contributed by atoms with E-state index < -0.39 is 0 Å². The van der Waals surface area contributed by atoms with Gasteiger partial charge >= 0.3 is 0 Å². The van der Waals surface area contributed by atoms with E-state index in [9.17, 15) is 0 Å². The van der Waals surface area contributed by atoms with E-state index in [-0.39, 0.29) is 5.50 Å². The molecule has 44 valence electrons. The van der Waals surface area contributed by atoms with Gasteiger partial charge in [0, 0.05) is 18.0 Å². The quantitative estimate of drug-likeness (QED) is 0.436. The normalized spacial score (nSPS) is 13.8. The third-order valence-corrected chi connectivity index (χ3v) is 1.19. The van der Waals surface area contributed by atoms with E-state index in [0.29, 0.717) is 0 Å². The molecule has 1 aromatic heterocycles. The van der Waals surface area contributed by atoms with Gasteiger partial charge in [-0.15, -0.1) is 11.6 Å². The fourth-order valence-corrected chi connectivity index (χ4v) is 0.644. The molecule has 0 aliphatic heterocycles. The molecule has 1 unspecified atom stereocenters. The summed E-state index contributed by atoms with van der Waals surface area (Å²) >= 11 is 5.50. The van der Waals surface area contributed by atoms with Gasteiger partial charge in [-0.1, -0.05) is 0 Å². The lowest BCUT2D eigenvalue weighted by Crippen LogP contribution is -1.99. The summed E-state index contributed by atoms with van der Waals surface area (Å²) in [4.78, 5) is 2.85. The Morgan fingerprint density at radius 2 is 2.50 bits per heavy atom. The zero-order valence-electron chi connectivity index (χ0n) is 4.26. The maximum atomic E-state index is 5.50. The van der Waals surface area contributed by atoms with Gasteiger partial charge in [-0.25, -0.2) is 0 Å². The molecule has 0 saturated carbocycles. The van der Waals surface area contributed by atoms with Crippen molar-refractivity contribution in [3.8, 4) is 0 Å². The standard InChI is InChI=1S/C5H7ClN2/c6-5(7)4-1-2-8-3-4/h1-3,5,8H,7H2. The van der Waals surface area contributed by atoms with E-state index in [0.717, 1.165) is 5.56 Å². The van der Waals surface area contributed by atoms with Gasteiger partial charge in [-0.2, -0.15) is 0 Å². The van der Waals surface area contributed by atoms with E-state index in [1.165, 1.54) is 0 Å². The van der Waals surface area contributed by atoms with E-state index in [1.54, 1.807) is 12.4 Å². The average molecular weight is 131 g/mol. The minimum atomic E-state index is -0.374. The molecular weight excluding hydrogens is 124 g/mol. The Hall–Kier alpha value is -0.470. The summed E-state index contributed by atoms with van der Waals surface area (Å²) in [6.45, 7) is 0. The SMILES string of the molecule is NC(Cl)c1cc[nH]c1. The number of nitrogens with one attached hydrogen (secondary N) is 1. The Morgan fingerprint density at radius 1 is 1.75 bits per heavy atom. The number of halogens is 1. The van der Waals surface area contributed by atoms with Crippen molar-refractivity contribution in [3.63, 3.8) is 0 Å². The molecule has 3 heteroatoms. The van der Waals surface area contributed by atoms with Crippen LogP contribution in [0.5, 0.6) is 0 Å². The van der Waals surface area contributed by atoms with E-state index in [1.807, 2.05) is 6.07 Å². The third kappa shape index (κ3) is 1.02. The van der Waals surface area contributed by atoms with Crippen molar-refractivity contribution in [1.82, 2.24) is 4.98 Å². The average Bonchev–Trinajstić information content (AvgIpc) is 2.12. The third-order valence-electron chi connectivity index (χ3n) is 0.940. The van der Waals surface area contributed by atoms with Crippen LogP contribution in [0.25, 0.3) is 0 Å². The predicted octanol–water partition coefficient (Wildman–Crippen LogP) is 1.21.